The van der Waals surface area contributed by atoms with E-state index in [2.05, 4.69) is 19.7 Å². The molecule has 7 atom stereocenters. The SMILES string of the molecule is C=C1CC(O)C2C(=C)C(O)OC2C2C(=C)C(O)CC12. The lowest BCUT2D eigenvalue weighted by atomic mass is 9.81. The molecule has 3 N–H and O–H groups in total. The molecule has 3 fully saturated rings. The van der Waals surface area contributed by atoms with Crippen molar-refractivity contribution in [3.05, 3.63) is 36.5 Å². The summed E-state index contributed by atoms with van der Waals surface area (Å²) < 4.78 is 5.59. The van der Waals surface area contributed by atoms with E-state index >= 15 is 0 Å². The molecule has 104 valence electrons. The molecular formula is C15H20O4. The fourth-order valence-corrected chi connectivity index (χ4v) is 3.90. The molecule has 4 nitrogen and oxygen atoms in total. The van der Waals surface area contributed by atoms with Crippen LogP contribution in [0.4, 0.5) is 0 Å². The molecular weight excluding hydrogens is 244 g/mol. The van der Waals surface area contributed by atoms with Gasteiger partial charge in [-0.15, -0.1) is 0 Å². The summed E-state index contributed by atoms with van der Waals surface area (Å²) in [5.74, 6) is -0.354. The molecule has 0 aromatic carbocycles. The number of hydrogen-bond donors (Lipinski definition) is 3. The number of ether oxygens (including phenoxy) is 1. The number of hydrogen-bond acceptors (Lipinski definition) is 4. The lowest BCUT2D eigenvalue weighted by molar-refractivity contribution is -0.0996. The Balaban J connectivity index is 2.03. The van der Waals surface area contributed by atoms with E-state index in [9.17, 15) is 15.3 Å². The smallest absolute Gasteiger partial charge is 0.177 e. The summed E-state index contributed by atoms with van der Waals surface area (Å²) in [7, 11) is 0. The molecule has 1 saturated heterocycles. The van der Waals surface area contributed by atoms with Gasteiger partial charge in [-0.1, -0.05) is 25.3 Å². The predicted molar refractivity (Wildman–Crippen MR) is 70.0 cm³/mol. The first-order chi connectivity index (χ1) is 8.91. The van der Waals surface area contributed by atoms with Gasteiger partial charge in [-0.2, -0.15) is 0 Å². The van der Waals surface area contributed by atoms with Crippen LogP contribution < -0.4 is 0 Å². The van der Waals surface area contributed by atoms with Crippen LogP contribution in [0.15, 0.2) is 36.5 Å². The molecule has 0 bridgehead atoms. The van der Waals surface area contributed by atoms with Crippen molar-refractivity contribution in [2.75, 3.05) is 0 Å². The Hall–Kier alpha value is -0.940. The fourth-order valence-electron chi connectivity index (χ4n) is 3.90. The van der Waals surface area contributed by atoms with Gasteiger partial charge >= 0.3 is 0 Å². The first-order valence-electron chi connectivity index (χ1n) is 6.66. The average Bonchev–Trinajstić information content (AvgIpc) is 2.75. The number of aliphatic hydroxyl groups excluding tert-OH is 3. The Morgan fingerprint density at radius 1 is 1.00 bits per heavy atom. The van der Waals surface area contributed by atoms with E-state index in [1.165, 1.54) is 0 Å². The third-order valence-corrected chi connectivity index (χ3v) is 4.92. The second-order valence-electron chi connectivity index (χ2n) is 5.94. The summed E-state index contributed by atoms with van der Waals surface area (Å²) in [5, 5.41) is 30.2. The van der Waals surface area contributed by atoms with E-state index in [1.807, 2.05) is 0 Å². The highest BCUT2D eigenvalue weighted by Crippen LogP contribution is 2.52. The molecule has 3 aliphatic rings. The van der Waals surface area contributed by atoms with Crippen LogP contribution in [-0.4, -0.2) is 39.9 Å². The Labute approximate surface area is 112 Å². The average molecular weight is 264 g/mol. The molecule has 0 amide bonds. The van der Waals surface area contributed by atoms with Crippen molar-refractivity contribution in [3.8, 4) is 0 Å². The molecule has 0 radical (unpaired) electrons. The van der Waals surface area contributed by atoms with E-state index in [4.69, 9.17) is 4.74 Å². The summed E-state index contributed by atoms with van der Waals surface area (Å²) in [5.41, 5.74) is 2.16. The predicted octanol–water partition coefficient (Wildman–Crippen LogP) is 0.750. The molecule has 1 aliphatic heterocycles. The van der Waals surface area contributed by atoms with Gasteiger partial charge in [-0.25, -0.2) is 0 Å². The van der Waals surface area contributed by atoms with Crippen molar-refractivity contribution in [1.82, 2.24) is 0 Å². The highest BCUT2D eigenvalue weighted by atomic mass is 16.6. The standard InChI is InChI=1S/C15H20O4/c1-6-4-11(17)13-8(3)15(18)19-14(13)12-7(2)10(16)5-9(6)12/h9-18H,1-5H2. The van der Waals surface area contributed by atoms with Gasteiger partial charge in [-0.3, -0.25) is 0 Å². The maximum atomic E-state index is 10.3. The van der Waals surface area contributed by atoms with Gasteiger partial charge in [-0.05, 0) is 29.9 Å². The Bertz CT molecular complexity index is 455. The van der Waals surface area contributed by atoms with Crippen molar-refractivity contribution in [2.45, 2.75) is 37.4 Å². The minimum absolute atomic E-state index is 0.0604. The van der Waals surface area contributed by atoms with Gasteiger partial charge in [0.2, 0.25) is 0 Å². The second kappa shape index (κ2) is 4.28. The normalized spacial score (nSPS) is 50.1. The maximum Gasteiger partial charge on any atom is 0.177 e. The highest BCUT2D eigenvalue weighted by Gasteiger charge is 2.54. The van der Waals surface area contributed by atoms with Gasteiger partial charge in [0.15, 0.2) is 6.29 Å². The topological polar surface area (TPSA) is 69.9 Å². The lowest BCUT2D eigenvalue weighted by Gasteiger charge is -2.27. The zero-order chi connectivity index (χ0) is 13.9. The number of fused-ring (bicyclic) bond motifs is 3. The van der Waals surface area contributed by atoms with Gasteiger partial charge < -0.3 is 20.1 Å². The fraction of sp³-hybridized carbons (Fsp3) is 0.600. The van der Waals surface area contributed by atoms with Crippen LogP contribution in [0, 0.1) is 17.8 Å². The Kier molecular flexibility index (Phi) is 2.94. The monoisotopic (exact) mass is 264 g/mol. The van der Waals surface area contributed by atoms with Crippen LogP contribution in [0.25, 0.3) is 0 Å². The molecule has 4 heteroatoms. The molecule has 0 spiro atoms. The summed E-state index contributed by atoms with van der Waals surface area (Å²) in [4.78, 5) is 0. The van der Waals surface area contributed by atoms with Crippen LogP contribution in [0.5, 0.6) is 0 Å². The van der Waals surface area contributed by atoms with Crippen LogP contribution >= 0.6 is 0 Å². The van der Waals surface area contributed by atoms with Gasteiger partial charge in [0.1, 0.15) is 0 Å². The van der Waals surface area contributed by atoms with Crippen LogP contribution in [0.1, 0.15) is 12.8 Å². The summed E-state index contributed by atoms with van der Waals surface area (Å²) in [6.07, 6.45) is -1.58. The van der Waals surface area contributed by atoms with E-state index in [-0.39, 0.29) is 23.9 Å². The first kappa shape index (κ1) is 13.1. The zero-order valence-corrected chi connectivity index (χ0v) is 10.8. The molecule has 0 aromatic rings. The van der Waals surface area contributed by atoms with Gasteiger partial charge in [0.25, 0.3) is 0 Å². The van der Waals surface area contributed by atoms with E-state index < -0.39 is 18.5 Å². The molecule has 0 aromatic heterocycles. The maximum absolute atomic E-state index is 10.3. The van der Waals surface area contributed by atoms with Crippen molar-refractivity contribution < 1.29 is 20.1 Å². The second-order valence-corrected chi connectivity index (χ2v) is 5.94. The number of aliphatic hydroxyl groups is 3. The minimum atomic E-state index is -1.04. The van der Waals surface area contributed by atoms with Gasteiger partial charge in [0, 0.05) is 11.8 Å². The molecule has 19 heavy (non-hydrogen) atoms. The van der Waals surface area contributed by atoms with Crippen molar-refractivity contribution in [2.24, 2.45) is 17.8 Å². The van der Waals surface area contributed by atoms with Crippen LogP contribution in [0.2, 0.25) is 0 Å². The van der Waals surface area contributed by atoms with Crippen molar-refractivity contribution >= 4 is 0 Å². The van der Waals surface area contributed by atoms with Crippen molar-refractivity contribution in [3.63, 3.8) is 0 Å². The zero-order valence-electron chi connectivity index (χ0n) is 10.8. The summed E-state index contributed by atoms with van der Waals surface area (Å²) in [6, 6.07) is 0. The summed E-state index contributed by atoms with van der Waals surface area (Å²) in [6.45, 7) is 11.9. The van der Waals surface area contributed by atoms with Crippen molar-refractivity contribution in [1.29, 1.82) is 0 Å². The van der Waals surface area contributed by atoms with Gasteiger partial charge in [0.05, 0.1) is 18.3 Å². The van der Waals surface area contributed by atoms with Crippen LogP contribution in [-0.2, 0) is 4.74 Å². The minimum Gasteiger partial charge on any atom is -0.392 e. The van der Waals surface area contributed by atoms with E-state index in [0.29, 0.717) is 18.4 Å². The van der Waals surface area contributed by atoms with E-state index in [0.717, 1.165) is 11.1 Å². The molecule has 2 aliphatic carbocycles. The number of rotatable bonds is 0. The quantitative estimate of drug-likeness (QED) is 0.565. The molecule has 7 unspecified atom stereocenters. The summed E-state index contributed by atoms with van der Waals surface area (Å²) >= 11 is 0. The first-order valence-corrected chi connectivity index (χ1v) is 6.66. The largest absolute Gasteiger partial charge is 0.392 e. The third-order valence-electron chi connectivity index (χ3n) is 4.92. The lowest BCUT2D eigenvalue weighted by Crippen LogP contribution is -2.33. The Morgan fingerprint density at radius 2 is 1.68 bits per heavy atom. The van der Waals surface area contributed by atoms with E-state index in [1.54, 1.807) is 0 Å². The highest BCUT2D eigenvalue weighted by molar-refractivity contribution is 5.31. The molecule has 2 saturated carbocycles. The third kappa shape index (κ3) is 1.75. The molecule has 1 heterocycles. The Morgan fingerprint density at radius 3 is 2.37 bits per heavy atom. The van der Waals surface area contributed by atoms with Crippen LogP contribution in [0.3, 0.4) is 0 Å². The molecule has 3 rings (SSSR count).